The Labute approximate surface area is 137 Å². The number of hydrogen-bond donors (Lipinski definition) is 3. The highest BCUT2D eigenvalue weighted by molar-refractivity contribution is 5.94. The zero-order chi connectivity index (χ0) is 17.1. The normalized spacial score (nSPS) is 15.5. The van der Waals surface area contributed by atoms with Gasteiger partial charge < -0.3 is 16.0 Å². The first-order chi connectivity index (χ1) is 11.5. The van der Waals surface area contributed by atoms with Gasteiger partial charge in [0.2, 0.25) is 11.9 Å². The van der Waals surface area contributed by atoms with Crippen molar-refractivity contribution in [1.29, 1.82) is 0 Å². The lowest BCUT2D eigenvalue weighted by atomic mass is 9.97. The smallest absolute Gasteiger partial charge is 0.254 e. The number of aromatic amines is 1. The van der Waals surface area contributed by atoms with Crippen LogP contribution in [-0.2, 0) is 0 Å². The first-order valence-electron chi connectivity index (χ1n) is 7.69. The molecule has 1 fully saturated rings. The molecule has 7 nitrogen and oxygen atoms in total. The van der Waals surface area contributed by atoms with E-state index in [-0.39, 0.29) is 17.4 Å². The van der Waals surface area contributed by atoms with Crippen LogP contribution in [0.5, 0.6) is 0 Å². The molecule has 1 saturated heterocycles. The van der Waals surface area contributed by atoms with Gasteiger partial charge in [-0.05, 0) is 30.9 Å². The van der Waals surface area contributed by atoms with E-state index in [2.05, 4.69) is 20.5 Å². The molecule has 1 aliphatic heterocycles. The van der Waals surface area contributed by atoms with Crippen LogP contribution in [0.25, 0.3) is 0 Å². The summed E-state index contributed by atoms with van der Waals surface area (Å²) < 4.78 is 26.4. The molecule has 1 aromatic carbocycles. The zero-order valence-electron chi connectivity index (χ0n) is 12.9. The molecule has 0 radical (unpaired) electrons. The molecule has 9 heteroatoms. The van der Waals surface area contributed by atoms with Gasteiger partial charge >= 0.3 is 0 Å². The van der Waals surface area contributed by atoms with Crippen LogP contribution in [0.15, 0.2) is 18.2 Å². The molecular weight excluding hydrogens is 318 g/mol. The molecule has 24 heavy (non-hydrogen) atoms. The summed E-state index contributed by atoms with van der Waals surface area (Å²) in [6.45, 7) is 1.95. The number of H-pyrrole nitrogens is 1. The first-order valence-corrected chi connectivity index (χ1v) is 7.69. The molecule has 0 saturated carbocycles. The fourth-order valence-corrected chi connectivity index (χ4v) is 2.75. The van der Waals surface area contributed by atoms with E-state index in [1.54, 1.807) is 0 Å². The fourth-order valence-electron chi connectivity index (χ4n) is 2.75. The summed E-state index contributed by atoms with van der Waals surface area (Å²) in [4.78, 5) is 18.1. The lowest BCUT2D eigenvalue weighted by Gasteiger charge is -2.31. The van der Waals surface area contributed by atoms with Gasteiger partial charge in [-0.1, -0.05) is 0 Å². The Morgan fingerprint density at radius 3 is 2.75 bits per heavy atom. The third-order valence-corrected chi connectivity index (χ3v) is 4.12. The predicted octanol–water partition coefficient (Wildman–Crippen LogP) is 1.31. The number of halogens is 2. The third kappa shape index (κ3) is 3.61. The van der Waals surface area contributed by atoms with Crippen LogP contribution >= 0.6 is 0 Å². The molecule has 128 valence electrons. The fraction of sp³-hybridized carbons (Fsp3) is 0.400. The number of rotatable bonds is 4. The Balaban J connectivity index is 1.49. The van der Waals surface area contributed by atoms with Crippen LogP contribution in [-0.4, -0.2) is 40.7 Å². The van der Waals surface area contributed by atoms with E-state index in [0.717, 1.165) is 38.1 Å². The summed E-state index contributed by atoms with van der Waals surface area (Å²) in [5.74, 6) is -0.959. The highest BCUT2D eigenvalue weighted by atomic mass is 19.1. The Bertz CT molecular complexity index is 727. The SMILES string of the molecule is Nc1nc(N2CCC(CNC(=O)c3ccc(F)cc3F)CC2)n[nH]1. The van der Waals surface area contributed by atoms with Gasteiger partial charge in [-0.25, -0.2) is 13.9 Å². The van der Waals surface area contributed by atoms with E-state index in [9.17, 15) is 13.6 Å². The standard InChI is InChI=1S/C15H18F2N6O/c16-10-1-2-11(12(17)7-10)13(24)19-8-9-3-5-23(6-4-9)15-20-14(18)21-22-15/h1-2,7,9H,3-6,8H2,(H,19,24)(H3,18,20,21,22). The minimum absolute atomic E-state index is 0.148. The number of piperidine rings is 1. The van der Waals surface area contributed by atoms with Crippen LogP contribution in [0.3, 0.4) is 0 Å². The molecule has 0 unspecified atom stereocenters. The molecule has 0 spiro atoms. The third-order valence-electron chi connectivity index (χ3n) is 4.12. The number of nitrogens with two attached hydrogens (primary N) is 1. The van der Waals surface area contributed by atoms with Crippen molar-refractivity contribution in [3.63, 3.8) is 0 Å². The number of hydrogen-bond acceptors (Lipinski definition) is 5. The summed E-state index contributed by atoms with van der Waals surface area (Å²) in [7, 11) is 0. The molecule has 2 heterocycles. The summed E-state index contributed by atoms with van der Waals surface area (Å²) >= 11 is 0. The monoisotopic (exact) mass is 336 g/mol. The van der Waals surface area contributed by atoms with Crippen molar-refractivity contribution in [1.82, 2.24) is 20.5 Å². The lowest BCUT2D eigenvalue weighted by molar-refractivity contribution is 0.0940. The number of anilines is 2. The Morgan fingerprint density at radius 1 is 1.38 bits per heavy atom. The number of carbonyl (C=O) groups excluding carboxylic acids is 1. The number of aromatic nitrogens is 3. The minimum atomic E-state index is -0.857. The van der Waals surface area contributed by atoms with E-state index in [1.165, 1.54) is 0 Å². The van der Waals surface area contributed by atoms with Gasteiger partial charge in [-0.3, -0.25) is 4.79 Å². The van der Waals surface area contributed by atoms with Crippen molar-refractivity contribution < 1.29 is 13.6 Å². The maximum Gasteiger partial charge on any atom is 0.254 e. The number of carbonyl (C=O) groups is 1. The molecule has 4 N–H and O–H groups in total. The molecule has 0 bridgehead atoms. The Kier molecular flexibility index (Phi) is 4.59. The molecule has 0 aliphatic carbocycles. The van der Waals surface area contributed by atoms with Crippen molar-refractivity contribution in [2.24, 2.45) is 5.92 Å². The van der Waals surface area contributed by atoms with Crippen LogP contribution in [0.2, 0.25) is 0 Å². The first kappa shape index (κ1) is 16.2. The van der Waals surface area contributed by atoms with E-state index >= 15 is 0 Å². The summed E-state index contributed by atoms with van der Waals surface area (Å²) in [6.07, 6.45) is 1.70. The van der Waals surface area contributed by atoms with Gasteiger partial charge in [-0.2, -0.15) is 4.98 Å². The van der Waals surface area contributed by atoms with Gasteiger partial charge in [0.25, 0.3) is 5.91 Å². The van der Waals surface area contributed by atoms with Gasteiger partial charge in [0, 0.05) is 25.7 Å². The second-order valence-electron chi connectivity index (χ2n) is 5.79. The average molecular weight is 336 g/mol. The van der Waals surface area contributed by atoms with E-state index < -0.39 is 17.5 Å². The zero-order valence-corrected chi connectivity index (χ0v) is 12.9. The van der Waals surface area contributed by atoms with Gasteiger partial charge in [0.15, 0.2) is 0 Å². The summed E-state index contributed by atoms with van der Waals surface area (Å²) in [5, 5.41) is 9.33. The number of nitrogens with zero attached hydrogens (tertiary/aromatic N) is 3. The highest BCUT2D eigenvalue weighted by Gasteiger charge is 2.22. The number of nitrogen functional groups attached to an aromatic ring is 1. The number of benzene rings is 1. The largest absolute Gasteiger partial charge is 0.368 e. The van der Waals surface area contributed by atoms with Crippen molar-refractivity contribution in [3.8, 4) is 0 Å². The quantitative estimate of drug-likeness (QED) is 0.782. The van der Waals surface area contributed by atoms with E-state index in [4.69, 9.17) is 5.73 Å². The van der Waals surface area contributed by atoms with Crippen molar-refractivity contribution in [3.05, 3.63) is 35.4 Å². The second kappa shape index (κ2) is 6.81. The molecule has 1 amide bonds. The molecule has 3 rings (SSSR count). The lowest BCUT2D eigenvalue weighted by Crippen LogP contribution is -2.39. The number of nitrogens with one attached hydrogen (secondary N) is 2. The highest BCUT2D eigenvalue weighted by Crippen LogP contribution is 2.20. The van der Waals surface area contributed by atoms with Crippen LogP contribution < -0.4 is 16.0 Å². The average Bonchev–Trinajstić information content (AvgIpc) is 2.99. The second-order valence-corrected chi connectivity index (χ2v) is 5.79. The molecule has 2 aromatic rings. The van der Waals surface area contributed by atoms with Crippen LogP contribution in [0.1, 0.15) is 23.2 Å². The van der Waals surface area contributed by atoms with Gasteiger partial charge in [0.05, 0.1) is 5.56 Å². The van der Waals surface area contributed by atoms with Crippen LogP contribution in [0, 0.1) is 17.6 Å². The topological polar surface area (TPSA) is 99.9 Å². The van der Waals surface area contributed by atoms with Gasteiger partial charge in [-0.15, -0.1) is 5.10 Å². The maximum atomic E-state index is 13.6. The Morgan fingerprint density at radius 2 is 2.12 bits per heavy atom. The maximum absolute atomic E-state index is 13.6. The predicted molar refractivity (Wildman–Crippen MR) is 84.4 cm³/mol. The van der Waals surface area contributed by atoms with Crippen molar-refractivity contribution in [2.45, 2.75) is 12.8 Å². The molecule has 1 aliphatic rings. The minimum Gasteiger partial charge on any atom is -0.368 e. The molecule has 1 aromatic heterocycles. The summed E-state index contributed by atoms with van der Waals surface area (Å²) in [5.41, 5.74) is 5.36. The van der Waals surface area contributed by atoms with E-state index in [1.807, 2.05) is 4.90 Å². The van der Waals surface area contributed by atoms with Gasteiger partial charge in [0.1, 0.15) is 11.6 Å². The van der Waals surface area contributed by atoms with Crippen LogP contribution in [0.4, 0.5) is 20.7 Å². The van der Waals surface area contributed by atoms with E-state index in [0.29, 0.717) is 18.6 Å². The molecular formula is C15H18F2N6O. The molecule has 0 atom stereocenters. The van der Waals surface area contributed by atoms with Crippen molar-refractivity contribution in [2.75, 3.05) is 30.3 Å². The number of amides is 1. The van der Waals surface area contributed by atoms with Crippen molar-refractivity contribution >= 4 is 17.8 Å². The Hall–Kier alpha value is -2.71. The summed E-state index contributed by atoms with van der Waals surface area (Å²) in [6, 6.07) is 2.92.